The Bertz CT molecular complexity index is 1210. The van der Waals surface area contributed by atoms with Crippen LogP contribution in [0.3, 0.4) is 0 Å². The fraction of sp³-hybridized carbons (Fsp3) is 0.250. The molecule has 0 radical (unpaired) electrons. The molecule has 0 saturated carbocycles. The van der Waals surface area contributed by atoms with Gasteiger partial charge >= 0.3 is 6.18 Å². The van der Waals surface area contributed by atoms with Crippen molar-refractivity contribution in [2.75, 3.05) is 0 Å². The molecule has 0 amide bonds. The predicted molar refractivity (Wildman–Crippen MR) is 105 cm³/mol. The summed E-state index contributed by atoms with van der Waals surface area (Å²) >= 11 is 5.69. The van der Waals surface area contributed by atoms with E-state index < -0.39 is 41.9 Å². The first-order valence-corrected chi connectivity index (χ1v) is 9.51. The molecule has 1 aliphatic rings. The Hall–Kier alpha value is -3.21. The number of nitrogens with two attached hydrogens (primary N) is 1. The van der Waals surface area contributed by atoms with Gasteiger partial charge in [-0.1, -0.05) is 16.8 Å². The first kappa shape index (κ1) is 22.0. The highest BCUT2D eigenvalue weighted by atomic mass is 35.5. The summed E-state index contributed by atoms with van der Waals surface area (Å²) in [4.78, 5) is 7.80. The molecule has 1 aliphatic heterocycles. The van der Waals surface area contributed by atoms with Crippen LogP contribution in [0.15, 0.2) is 46.0 Å². The van der Waals surface area contributed by atoms with Crippen molar-refractivity contribution in [3.05, 3.63) is 58.7 Å². The van der Waals surface area contributed by atoms with Gasteiger partial charge in [0, 0.05) is 29.8 Å². The number of aliphatic imine (C=N–C) groups is 1. The monoisotopic (exact) mass is 472 g/mol. The molecule has 12 heteroatoms. The fourth-order valence-corrected chi connectivity index (χ4v) is 3.58. The molecule has 3 heterocycles. The number of pyridine rings is 1. The predicted octanol–water partition coefficient (Wildman–Crippen LogP) is 5.22. The lowest BCUT2D eigenvalue weighted by molar-refractivity contribution is -0.208. The summed E-state index contributed by atoms with van der Waals surface area (Å²) in [7, 11) is 0. The fourth-order valence-electron chi connectivity index (χ4n) is 3.43. The molecule has 6 nitrogen and oxygen atoms in total. The molecule has 0 unspecified atom stereocenters. The number of hydrogen-bond donors (Lipinski definition) is 1. The summed E-state index contributed by atoms with van der Waals surface area (Å²) in [5.41, 5.74) is 3.86. The lowest BCUT2D eigenvalue weighted by Crippen LogP contribution is -2.46. The van der Waals surface area contributed by atoms with Crippen LogP contribution in [0, 0.1) is 11.6 Å². The van der Waals surface area contributed by atoms with Gasteiger partial charge in [-0.25, -0.2) is 18.8 Å². The summed E-state index contributed by atoms with van der Waals surface area (Å²) in [6, 6.07) is 5.39. The van der Waals surface area contributed by atoms with Crippen LogP contribution in [0.1, 0.15) is 18.9 Å². The third-order valence-corrected chi connectivity index (χ3v) is 5.17. The summed E-state index contributed by atoms with van der Waals surface area (Å²) in [6.45, 7) is 1.32. The van der Waals surface area contributed by atoms with E-state index in [9.17, 15) is 22.0 Å². The Kier molecular flexibility index (Phi) is 5.32. The van der Waals surface area contributed by atoms with Gasteiger partial charge in [-0.15, -0.1) is 0 Å². The maximum atomic E-state index is 14.7. The number of hydrogen-bond acceptors (Lipinski definition) is 6. The molecule has 0 fully saturated rings. The highest BCUT2D eigenvalue weighted by molar-refractivity contribution is 6.30. The Balaban J connectivity index is 1.73. The van der Waals surface area contributed by atoms with Crippen LogP contribution in [-0.4, -0.2) is 28.4 Å². The number of aromatic nitrogens is 2. The van der Waals surface area contributed by atoms with Crippen LogP contribution in [0.5, 0.6) is 0 Å². The number of benzene rings is 1. The Morgan fingerprint density at radius 2 is 1.91 bits per heavy atom. The average Bonchev–Trinajstić information content (AvgIpc) is 3.16. The van der Waals surface area contributed by atoms with Crippen molar-refractivity contribution in [2.45, 2.75) is 31.2 Å². The number of ether oxygens (including phenoxy) is 1. The van der Waals surface area contributed by atoms with E-state index in [1.165, 1.54) is 31.3 Å². The quantitative estimate of drug-likeness (QED) is 0.528. The molecule has 1 aromatic carbocycles. The molecule has 2 N–H and O–H groups in total. The van der Waals surface area contributed by atoms with Crippen molar-refractivity contribution in [1.29, 1.82) is 0 Å². The van der Waals surface area contributed by atoms with Crippen molar-refractivity contribution in [1.82, 2.24) is 10.1 Å². The number of halogens is 6. The van der Waals surface area contributed by atoms with Crippen molar-refractivity contribution in [3.63, 3.8) is 0 Å². The standard InChI is InChI=1S/C20H14ClF5N4O2/c1-19(7-16(20(24,25)26)31-18(27)29-19)11-4-9(2-3-12(11)22)15-6-14(30-32-15)17-13(23)5-10(21)8-28-17/h2-6,8,16H,7H2,1H3,(H2,27,29)/t16-,19-/m0/s1. The zero-order chi connectivity index (χ0) is 23.3. The summed E-state index contributed by atoms with van der Waals surface area (Å²) in [6.07, 6.45) is -6.41. The Morgan fingerprint density at radius 3 is 2.59 bits per heavy atom. The molecule has 2 atom stereocenters. The Morgan fingerprint density at radius 1 is 1.16 bits per heavy atom. The van der Waals surface area contributed by atoms with Gasteiger partial charge in [-0.3, -0.25) is 0 Å². The number of amidine groups is 1. The second-order valence-electron chi connectivity index (χ2n) is 7.33. The van der Waals surface area contributed by atoms with Gasteiger partial charge in [-0.2, -0.15) is 13.2 Å². The van der Waals surface area contributed by atoms with Crippen molar-refractivity contribution in [3.8, 4) is 22.7 Å². The highest BCUT2D eigenvalue weighted by Gasteiger charge is 2.50. The highest BCUT2D eigenvalue weighted by Crippen LogP contribution is 2.42. The van der Waals surface area contributed by atoms with Crippen LogP contribution in [0.2, 0.25) is 5.02 Å². The molecule has 0 spiro atoms. The largest absolute Gasteiger partial charge is 0.452 e. The van der Waals surface area contributed by atoms with Crippen molar-refractivity contribution < 1.29 is 31.2 Å². The Labute approximate surface area is 182 Å². The van der Waals surface area contributed by atoms with E-state index in [0.717, 1.165) is 12.1 Å². The maximum absolute atomic E-state index is 14.7. The summed E-state index contributed by atoms with van der Waals surface area (Å²) < 4.78 is 78.3. The minimum Gasteiger partial charge on any atom is -0.452 e. The van der Waals surface area contributed by atoms with Crippen molar-refractivity contribution >= 4 is 17.6 Å². The van der Waals surface area contributed by atoms with E-state index in [1.807, 2.05) is 0 Å². The van der Waals surface area contributed by atoms with Gasteiger partial charge in [0.1, 0.15) is 17.2 Å². The molecule has 0 bridgehead atoms. The topological polar surface area (TPSA) is 86.5 Å². The number of nitrogens with zero attached hydrogens (tertiary/aromatic N) is 3. The lowest BCUT2D eigenvalue weighted by atomic mass is 9.84. The van der Waals surface area contributed by atoms with E-state index in [-0.39, 0.29) is 33.3 Å². The van der Waals surface area contributed by atoms with Crippen molar-refractivity contribution in [2.24, 2.45) is 10.7 Å². The van der Waals surface area contributed by atoms with E-state index in [1.54, 1.807) is 0 Å². The van der Waals surface area contributed by atoms with Gasteiger partial charge < -0.3 is 15.0 Å². The first-order valence-electron chi connectivity index (χ1n) is 9.13. The number of alkyl halides is 3. The third kappa shape index (κ3) is 4.12. The molecular formula is C20H14ClF5N4O2. The van der Waals surface area contributed by atoms with Crippen LogP contribution in [0.25, 0.3) is 22.7 Å². The summed E-state index contributed by atoms with van der Waals surface area (Å²) in [5.74, 6) is -1.41. The minimum atomic E-state index is -4.72. The van der Waals surface area contributed by atoms with Gasteiger partial charge in [0.25, 0.3) is 6.02 Å². The third-order valence-electron chi connectivity index (χ3n) is 4.96. The van der Waals surface area contributed by atoms with Crippen LogP contribution < -0.4 is 5.73 Å². The molecule has 2 aromatic heterocycles. The maximum Gasteiger partial charge on any atom is 0.425 e. The molecule has 32 heavy (non-hydrogen) atoms. The second kappa shape index (κ2) is 7.73. The molecule has 0 saturated heterocycles. The zero-order valence-corrected chi connectivity index (χ0v) is 17.0. The van der Waals surface area contributed by atoms with E-state index in [2.05, 4.69) is 19.9 Å². The summed E-state index contributed by atoms with van der Waals surface area (Å²) in [5, 5.41) is 3.86. The first-order chi connectivity index (χ1) is 15.0. The van der Waals surface area contributed by atoms with Gasteiger partial charge in [0.05, 0.1) is 10.6 Å². The SMILES string of the molecule is C[C@@]1(c2cc(-c3cc(-c4ncc(Cl)cc4F)no3)ccc2F)C[C@@H](C(F)(F)F)OC(N)=N1. The zero-order valence-electron chi connectivity index (χ0n) is 16.3. The molecular weight excluding hydrogens is 459 g/mol. The van der Waals surface area contributed by atoms with E-state index in [0.29, 0.717) is 0 Å². The smallest absolute Gasteiger partial charge is 0.425 e. The van der Waals surface area contributed by atoms with Crippen LogP contribution in [0.4, 0.5) is 22.0 Å². The molecule has 0 aliphatic carbocycles. The second-order valence-corrected chi connectivity index (χ2v) is 7.77. The minimum absolute atomic E-state index is 0.0525. The molecule has 168 valence electrons. The number of rotatable bonds is 3. The van der Waals surface area contributed by atoms with Crippen LogP contribution >= 0.6 is 11.6 Å². The van der Waals surface area contributed by atoms with E-state index >= 15 is 0 Å². The lowest BCUT2D eigenvalue weighted by Gasteiger charge is -2.36. The van der Waals surface area contributed by atoms with Gasteiger partial charge in [-0.05, 0) is 31.2 Å². The van der Waals surface area contributed by atoms with E-state index in [4.69, 9.17) is 21.9 Å². The average molecular weight is 473 g/mol. The molecule has 4 rings (SSSR count). The normalized spacial score (nSPS) is 21.2. The molecule has 3 aromatic rings. The van der Waals surface area contributed by atoms with Gasteiger partial charge in [0.15, 0.2) is 17.7 Å². The van der Waals surface area contributed by atoms with Crippen LogP contribution in [-0.2, 0) is 10.3 Å². The van der Waals surface area contributed by atoms with Gasteiger partial charge in [0.2, 0.25) is 0 Å².